The minimum absolute atomic E-state index is 0.0453. The largest absolute Gasteiger partial charge is 0.497 e. The Bertz CT molecular complexity index is 1420. The Morgan fingerprint density at radius 3 is 2.50 bits per heavy atom. The molecule has 3 aromatic carbocycles. The number of benzene rings is 3. The number of aromatic nitrogens is 2. The first-order valence-corrected chi connectivity index (χ1v) is 13.0. The molecule has 0 radical (unpaired) electrons. The summed E-state index contributed by atoms with van der Waals surface area (Å²) in [5.41, 5.74) is 3.64. The molecule has 0 unspecified atom stereocenters. The lowest BCUT2D eigenvalue weighted by Gasteiger charge is -2.34. The molecule has 38 heavy (non-hydrogen) atoms. The van der Waals surface area contributed by atoms with Crippen LogP contribution in [-0.2, 0) is 11.3 Å². The number of anilines is 2. The summed E-state index contributed by atoms with van der Waals surface area (Å²) in [6.45, 7) is 4.71. The fourth-order valence-electron chi connectivity index (χ4n) is 4.70. The predicted molar refractivity (Wildman–Crippen MR) is 153 cm³/mol. The molecule has 2 heterocycles. The number of nitrogens with one attached hydrogen (secondary N) is 2. The molecule has 0 saturated carbocycles. The van der Waals surface area contributed by atoms with E-state index in [2.05, 4.69) is 48.6 Å². The van der Waals surface area contributed by atoms with Crippen LogP contribution in [0.15, 0.2) is 66.9 Å². The molecule has 1 fully saturated rings. The highest BCUT2D eigenvalue weighted by atomic mass is 35.5. The second-order valence-corrected chi connectivity index (χ2v) is 9.79. The maximum absolute atomic E-state index is 13.2. The molecular formula is C29H31ClN6O2. The van der Waals surface area contributed by atoms with E-state index in [1.165, 1.54) is 5.56 Å². The molecule has 8 nitrogen and oxygen atoms in total. The molecule has 1 aliphatic heterocycles. The number of hydrogen-bond donors (Lipinski definition) is 2. The molecule has 196 valence electrons. The summed E-state index contributed by atoms with van der Waals surface area (Å²) in [4.78, 5) is 26.6. The highest BCUT2D eigenvalue weighted by Crippen LogP contribution is 2.33. The zero-order valence-electron chi connectivity index (χ0n) is 21.6. The van der Waals surface area contributed by atoms with Gasteiger partial charge in [-0.3, -0.25) is 14.6 Å². The summed E-state index contributed by atoms with van der Waals surface area (Å²) in [6.07, 6.45) is 1.72. The number of methoxy groups -OCH3 is 1. The van der Waals surface area contributed by atoms with Gasteiger partial charge in [0, 0.05) is 67.6 Å². The molecule has 5 rings (SSSR count). The molecule has 0 aliphatic carbocycles. The van der Waals surface area contributed by atoms with Crippen molar-refractivity contribution in [3.63, 3.8) is 0 Å². The van der Waals surface area contributed by atoms with Gasteiger partial charge >= 0.3 is 0 Å². The molecular weight excluding hydrogens is 500 g/mol. The van der Waals surface area contributed by atoms with Gasteiger partial charge in [0.1, 0.15) is 5.75 Å². The van der Waals surface area contributed by atoms with E-state index in [0.717, 1.165) is 71.2 Å². The zero-order chi connectivity index (χ0) is 26.5. The highest BCUT2D eigenvalue weighted by molar-refractivity contribution is 6.30. The summed E-state index contributed by atoms with van der Waals surface area (Å²) in [5.74, 6) is 1.23. The Balaban J connectivity index is 1.29. The average Bonchev–Trinajstić information content (AvgIpc) is 2.95. The Morgan fingerprint density at radius 1 is 1.00 bits per heavy atom. The van der Waals surface area contributed by atoms with Crippen LogP contribution in [0.4, 0.5) is 11.6 Å². The summed E-state index contributed by atoms with van der Waals surface area (Å²) >= 11 is 6.01. The van der Waals surface area contributed by atoms with Crippen LogP contribution in [0.1, 0.15) is 5.56 Å². The van der Waals surface area contributed by atoms with Crippen molar-refractivity contribution < 1.29 is 9.53 Å². The number of hydrogen-bond acceptors (Lipinski definition) is 7. The zero-order valence-corrected chi connectivity index (χ0v) is 22.3. The lowest BCUT2D eigenvalue weighted by molar-refractivity contribution is -0.117. The van der Waals surface area contributed by atoms with Crippen molar-refractivity contribution >= 4 is 39.9 Å². The molecule has 4 aromatic rings. The fourth-order valence-corrected chi connectivity index (χ4v) is 4.83. The van der Waals surface area contributed by atoms with Gasteiger partial charge in [0.2, 0.25) is 11.9 Å². The molecule has 9 heteroatoms. The maximum Gasteiger partial charge on any atom is 0.238 e. The first-order valence-electron chi connectivity index (χ1n) is 12.6. The van der Waals surface area contributed by atoms with Gasteiger partial charge in [0.15, 0.2) is 0 Å². The molecule has 1 aromatic heterocycles. The Morgan fingerprint density at radius 2 is 1.76 bits per heavy atom. The minimum Gasteiger partial charge on any atom is -0.497 e. The Labute approximate surface area is 227 Å². The average molecular weight is 531 g/mol. The van der Waals surface area contributed by atoms with Gasteiger partial charge in [-0.15, -0.1) is 0 Å². The number of halogens is 1. The van der Waals surface area contributed by atoms with Crippen LogP contribution in [0.5, 0.6) is 5.75 Å². The second kappa shape index (κ2) is 11.8. The molecule has 0 spiro atoms. The summed E-state index contributed by atoms with van der Waals surface area (Å²) in [7, 11) is 3.43. The Kier molecular flexibility index (Phi) is 8.03. The molecule has 1 aliphatic rings. The van der Waals surface area contributed by atoms with Crippen LogP contribution in [-0.4, -0.2) is 72.6 Å². The third kappa shape index (κ3) is 6.22. The standard InChI is InChI=1S/C29H31ClN6O2/c1-31-29-32-10-9-26(34-29)22-15-21-5-8-24(38-2)17-25(21)27(16-22)33-28(37)19-36-13-11-35(12-14-36)18-20-3-6-23(30)7-4-20/h3-10,15-17H,11-14,18-19H2,1-2H3,(H,33,37)(H,31,32,34). The Hall–Kier alpha value is -3.72. The molecule has 0 atom stereocenters. The van der Waals surface area contributed by atoms with Gasteiger partial charge in [0.25, 0.3) is 0 Å². The topological polar surface area (TPSA) is 82.6 Å². The lowest BCUT2D eigenvalue weighted by Crippen LogP contribution is -2.48. The van der Waals surface area contributed by atoms with E-state index in [4.69, 9.17) is 16.3 Å². The van der Waals surface area contributed by atoms with Crippen LogP contribution in [0.3, 0.4) is 0 Å². The van der Waals surface area contributed by atoms with E-state index >= 15 is 0 Å². The van der Waals surface area contributed by atoms with Gasteiger partial charge in [-0.2, -0.15) is 0 Å². The van der Waals surface area contributed by atoms with E-state index < -0.39 is 0 Å². The van der Waals surface area contributed by atoms with Gasteiger partial charge in [-0.05, 0) is 53.4 Å². The van der Waals surface area contributed by atoms with E-state index in [-0.39, 0.29) is 5.91 Å². The monoisotopic (exact) mass is 530 g/mol. The van der Waals surface area contributed by atoms with Crippen LogP contribution >= 0.6 is 11.6 Å². The van der Waals surface area contributed by atoms with Crippen molar-refractivity contribution in [2.24, 2.45) is 0 Å². The number of piperazine rings is 1. The molecule has 2 N–H and O–H groups in total. The summed E-state index contributed by atoms with van der Waals surface area (Å²) in [5, 5.41) is 8.79. The first kappa shape index (κ1) is 25.9. The first-order chi connectivity index (χ1) is 18.5. The number of nitrogens with zero attached hydrogens (tertiary/aromatic N) is 4. The quantitative estimate of drug-likeness (QED) is 0.340. The van der Waals surface area contributed by atoms with Crippen molar-refractivity contribution in [2.45, 2.75) is 6.54 Å². The lowest BCUT2D eigenvalue weighted by atomic mass is 10.0. The summed E-state index contributed by atoms with van der Waals surface area (Å²) in [6, 6.07) is 19.7. The number of rotatable bonds is 8. The van der Waals surface area contributed by atoms with Crippen LogP contribution in [0, 0.1) is 0 Å². The third-order valence-corrected chi connectivity index (χ3v) is 7.01. The van der Waals surface area contributed by atoms with Crippen LogP contribution < -0.4 is 15.4 Å². The van der Waals surface area contributed by atoms with E-state index in [1.54, 1.807) is 20.4 Å². The van der Waals surface area contributed by atoms with Crippen molar-refractivity contribution in [1.29, 1.82) is 0 Å². The SMILES string of the molecule is CNc1nccc(-c2cc(NC(=O)CN3CCN(Cc4ccc(Cl)cc4)CC3)c3cc(OC)ccc3c2)n1. The number of fused-ring (bicyclic) bond motifs is 1. The van der Waals surface area contributed by atoms with Crippen LogP contribution in [0.25, 0.3) is 22.0 Å². The predicted octanol–water partition coefficient (Wildman–Crippen LogP) is 4.76. The maximum atomic E-state index is 13.2. The summed E-state index contributed by atoms with van der Waals surface area (Å²) < 4.78 is 5.45. The van der Waals surface area contributed by atoms with Gasteiger partial charge < -0.3 is 15.4 Å². The smallest absolute Gasteiger partial charge is 0.238 e. The van der Waals surface area contributed by atoms with Crippen molar-refractivity contribution in [2.75, 3.05) is 57.5 Å². The van der Waals surface area contributed by atoms with Crippen molar-refractivity contribution in [1.82, 2.24) is 19.8 Å². The van der Waals surface area contributed by atoms with Gasteiger partial charge in [-0.1, -0.05) is 29.8 Å². The number of ether oxygens (including phenoxy) is 1. The van der Waals surface area contributed by atoms with Gasteiger partial charge in [0.05, 0.1) is 19.3 Å². The molecule has 0 bridgehead atoms. The highest BCUT2D eigenvalue weighted by Gasteiger charge is 2.20. The second-order valence-electron chi connectivity index (χ2n) is 9.35. The van der Waals surface area contributed by atoms with Crippen LogP contribution in [0.2, 0.25) is 5.02 Å². The van der Waals surface area contributed by atoms with E-state index in [0.29, 0.717) is 12.5 Å². The van der Waals surface area contributed by atoms with Crippen molar-refractivity contribution in [3.05, 3.63) is 77.4 Å². The number of carbonyl (C=O) groups excluding carboxylic acids is 1. The van der Waals surface area contributed by atoms with E-state index in [1.807, 2.05) is 42.5 Å². The number of carbonyl (C=O) groups is 1. The molecule has 1 amide bonds. The van der Waals surface area contributed by atoms with Crippen molar-refractivity contribution in [3.8, 4) is 17.0 Å². The minimum atomic E-state index is -0.0453. The fraction of sp³-hybridized carbons (Fsp3) is 0.276. The number of amides is 1. The van der Waals surface area contributed by atoms with Gasteiger partial charge in [-0.25, -0.2) is 9.97 Å². The normalized spacial score (nSPS) is 14.4. The molecule has 1 saturated heterocycles. The van der Waals surface area contributed by atoms with E-state index in [9.17, 15) is 4.79 Å². The third-order valence-electron chi connectivity index (χ3n) is 6.76.